The van der Waals surface area contributed by atoms with Gasteiger partial charge in [0.1, 0.15) is 0 Å². The molecular weight excluding hydrogens is 200 g/mol. The van der Waals surface area contributed by atoms with Gasteiger partial charge in [0.15, 0.2) is 0 Å². The van der Waals surface area contributed by atoms with Crippen LogP contribution in [0.5, 0.6) is 0 Å². The summed E-state index contributed by atoms with van der Waals surface area (Å²) in [5.41, 5.74) is 6.77. The van der Waals surface area contributed by atoms with Gasteiger partial charge in [0.2, 0.25) is 0 Å². The van der Waals surface area contributed by atoms with Gasteiger partial charge in [0.05, 0.1) is 0 Å². The summed E-state index contributed by atoms with van der Waals surface area (Å²) in [5, 5.41) is 8.86. The molecule has 0 amide bonds. The normalized spacial score (nSPS) is 14.2. The quantitative estimate of drug-likeness (QED) is 0.798. The molecular formula is C10H17ClN2O. The standard InChI is InChI=1S/C10H16N2O.ClH/c1-8(11)9(5-7-13)10-4-2-3-6-12-10;/h2-4,6,8-9,13H,5,7,11H2,1H3;1H/t8-,9?;/m0./s1. The molecule has 1 rings (SSSR count). The Labute approximate surface area is 90.8 Å². The van der Waals surface area contributed by atoms with E-state index < -0.39 is 0 Å². The molecule has 0 saturated carbocycles. The maximum atomic E-state index is 8.86. The summed E-state index contributed by atoms with van der Waals surface area (Å²) in [6, 6.07) is 5.79. The Hall–Kier alpha value is -0.640. The van der Waals surface area contributed by atoms with E-state index in [4.69, 9.17) is 10.8 Å². The average molecular weight is 217 g/mol. The Balaban J connectivity index is 0.00000169. The minimum atomic E-state index is 0. The molecule has 14 heavy (non-hydrogen) atoms. The molecule has 0 spiro atoms. The fourth-order valence-corrected chi connectivity index (χ4v) is 1.41. The zero-order valence-electron chi connectivity index (χ0n) is 8.26. The minimum absolute atomic E-state index is 0. The summed E-state index contributed by atoms with van der Waals surface area (Å²) in [7, 11) is 0. The molecule has 2 atom stereocenters. The topological polar surface area (TPSA) is 59.1 Å². The van der Waals surface area contributed by atoms with Crippen molar-refractivity contribution in [2.24, 2.45) is 5.73 Å². The second-order valence-electron chi connectivity index (χ2n) is 3.23. The SMILES string of the molecule is C[C@H](N)C(CCO)c1ccccn1.Cl. The first-order chi connectivity index (χ1) is 6.25. The Morgan fingerprint density at radius 2 is 2.21 bits per heavy atom. The highest BCUT2D eigenvalue weighted by atomic mass is 35.5. The highest BCUT2D eigenvalue weighted by Crippen LogP contribution is 2.19. The Morgan fingerprint density at radius 3 is 2.64 bits per heavy atom. The van der Waals surface area contributed by atoms with Crippen LogP contribution in [0.25, 0.3) is 0 Å². The lowest BCUT2D eigenvalue weighted by atomic mass is 9.94. The molecule has 0 bridgehead atoms. The van der Waals surface area contributed by atoms with Crippen LogP contribution < -0.4 is 5.73 Å². The van der Waals surface area contributed by atoms with E-state index in [1.807, 2.05) is 25.1 Å². The number of halogens is 1. The van der Waals surface area contributed by atoms with Crippen LogP contribution in [0.3, 0.4) is 0 Å². The van der Waals surface area contributed by atoms with Gasteiger partial charge in [-0.25, -0.2) is 0 Å². The van der Waals surface area contributed by atoms with Crippen LogP contribution in [-0.4, -0.2) is 22.7 Å². The third-order valence-corrected chi connectivity index (χ3v) is 2.14. The summed E-state index contributed by atoms with van der Waals surface area (Å²) < 4.78 is 0. The predicted octanol–water partition coefficient (Wildman–Crippen LogP) is 1.32. The van der Waals surface area contributed by atoms with E-state index in [1.54, 1.807) is 6.20 Å². The lowest BCUT2D eigenvalue weighted by Crippen LogP contribution is -2.26. The summed E-state index contributed by atoms with van der Waals surface area (Å²) >= 11 is 0. The van der Waals surface area contributed by atoms with E-state index in [0.29, 0.717) is 6.42 Å². The summed E-state index contributed by atoms with van der Waals surface area (Å²) in [6.07, 6.45) is 2.43. The first kappa shape index (κ1) is 13.4. The minimum Gasteiger partial charge on any atom is -0.396 e. The molecule has 4 heteroatoms. The average Bonchev–Trinajstić information content (AvgIpc) is 2.15. The molecule has 0 aliphatic carbocycles. The number of aliphatic hydroxyl groups is 1. The predicted molar refractivity (Wildman–Crippen MR) is 59.6 cm³/mol. The molecule has 1 unspecified atom stereocenters. The summed E-state index contributed by atoms with van der Waals surface area (Å²) in [5.74, 6) is 0.159. The van der Waals surface area contributed by atoms with Gasteiger partial charge in [0.25, 0.3) is 0 Å². The third-order valence-electron chi connectivity index (χ3n) is 2.14. The van der Waals surface area contributed by atoms with Crippen molar-refractivity contribution in [1.29, 1.82) is 0 Å². The van der Waals surface area contributed by atoms with E-state index >= 15 is 0 Å². The first-order valence-corrected chi connectivity index (χ1v) is 4.53. The van der Waals surface area contributed by atoms with Crippen LogP contribution in [0, 0.1) is 0 Å². The van der Waals surface area contributed by atoms with Gasteiger partial charge < -0.3 is 10.8 Å². The maximum Gasteiger partial charge on any atom is 0.0450 e. The molecule has 0 aliphatic rings. The van der Waals surface area contributed by atoms with Gasteiger partial charge in [-0.3, -0.25) is 4.98 Å². The van der Waals surface area contributed by atoms with E-state index in [1.165, 1.54) is 0 Å². The van der Waals surface area contributed by atoms with Crippen molar-refractivity contribution in [2.75, 3.05) is 6.61 Å². The van der Waals surface area contributed by atoms with E-state index in [0.717, 1.165) is 5.69 Å². The Kier molecular flexibility index (Phi) is 6.45. The molecule has 0 fully saturated rings. The number of hydrogen-bond donors (Lipinski definition) is 2. The van der Waals surface area contributed by atoms with Crippen molar-refractivity contribution in [1.82, 2.24) is 4.98 Å². The molecule has 1 heterocycles. The van der Waals surface area contributed by atoms with E-state index in [9.17, 15) is 0 Å². The first-order valence-electron chi connectivity index (χ1n) is 4.53. The van der Waals surface area contributed by atoms with Crippen molar-refractivity contribution in [3.05, 3.63) is 30.1 Å². The molecule has 0 aromatic carbocycles. The van der Waals surface area contributed by atoms with Crippen molar-refractivity contribution >= 4 is 12.4 Å². The third kappa shape index (κ3) is 3.62. The summed E-state index contributed by atoms with van der Waals surface area (Å²) in [6.45, 7) is 2.10. The Bertz CT molecular complexity index is 241. The number of aliphatic hydroxyl groups excluding tert-OH is 1. The van der Waals surface area contributed by atoms with E-state index in [2.05, 4.69) is 4.98 Å². The second-order valence-corrected chi connectivity index (χ2v) is 3.23. The fourth-order valence-electron chi connectivity index (χ4n) is 1.41. The molecule has 3 nitrogen and oxygen atoms in total. The number of rotatable bonds is 4. The van der Waals surface area contributed by atoms with Gasteiger partial charge >= 0.3 is 0 Å². The highest BCUT2D eigenvalue weighted by molar-refractivity contribution is 5.85. The van der Waals surface area contributed by atoms with Gasteiger partial charge in [-0.05, 0) is 25.5 Å². The molecule has 1 aromatic heterocycles. The van der Waals surface area contributed by atoms with Crippen LogP contribution >= 0.6 is 12.4 Å². The van der Waals surface area contributed by atoms with Crippen LogP contribution in [-0.2, 0) is 0 Å². The van der Waals surface area contributed by atoms with Crippen LogP contribution in [0.1, 0.15) is 25.0 Å². The van der Waals surface area contributed by atoms with Crippen LogP contribution in [0.4, 0.5) is 0 Å². The van der Waals surface area contributed by atoms with E-state index in [-0.39, 0.29) is 31.0 Å². The summed E-state index contributed by atoms with van der Waals surface area (Å²) in [4.78, 5) is 4.23. The number of pyridine rings is 1. The lowest BCUT2D eigenvalue weighted by Gasteiger charge is -2.18. The molecule has 0 radical (unpaired) electrons. The van der Waals surface area contributed by atoms with Crippen LogP contribution in [0.2, 0.25) is 0 Å². The molecule has 0 saturated heterocycles. The number of nitrogens with zero attached hydrogens (tertiary/aromatic N) is 1. The molecule has 1 aromatic rings. The van der Waals surface area contributed by atoms with Crippen molar-refractivity contribution in [3.63, 3.8) is 0 Å². The number of hydrogen-bond acceptors (Lipinski definition) is 3. The number of aromatic nitrogens is 1. The molecule has 3 N–H and O–H groups in total. The monoisotopic (exact) mass is 216 g/mol. The zero-order chi connectivity index (χ0) is 9.68. The van der Waals surface area contributed by atoms with Gasteiger partial charge in [0, 0.05) is 30.5 Å². The van der Waals surface area contributed by atoms with Gasteiger partial charge in [-0.2, -0.15) is 0 Å². The van der Waals surface area contributed by atoms with Crippen molar-refractivity contribution in [3.8, 4) is 0 Å². The highest BCUT2D eigenvalue weighted by Gasteiger charge is 2.16. The smallest absolute Gasteiger partial charge is 0.0450 e. The number of nitrogens with two attached hydrogens (primary N) is 1. The van der Waals surface area contributed by atoms with Crippen molar-refractivity contribution in [2.45, 2.75) is 25.3 Å². The van der Waals surface area contributed by atoms with Gasteiger partial charge in [-0.15, -0.1) is 12.4 Å². The second kappa shape index (κ2) is 6.76. The molecule has 0 aliphatic heterocycles. The molecule has 80 valence electrons. The zero-order valence-corrected chi connectivity index (χ0v) is 9.07. The largest absolute Gasteiger partial charge is 0.396 e. The Morgan fingerprint density at radius 1 is 1.50 bits per heavy atom. The fraction of sp³-hybridized carbons (Fsp3) is 0.500. The van der Waals surface area contributed by atoms with Crippen LogP contribution in [0.15, 0.2) is 24.4 Å². The lowest BCUT2D eigenvalue weighted by molar-refractivity contribution is 0.268. The van der Waals surface area contributed by atoms with Crippen molar-refractivity contribution < 1.29 is 5.11 Å². The van der Waals surface area contributed by atoms with Gasteiger partial charge in [-0.1, -0.05) is 6.07 Å². The maximum absolute atomic E-state index is 8.86.